The van der Waals surface area contributed by atoms with Crippen molar-refractivity contribution in [2.45, 2.75) is 0 Å². The maximum Gasteiger partial charge on any atom is 0.322 e. The molecule has 2 aromatic carbocycles. The molecule has 0 fully saturated rings. The fourth-order valence-electron chi connectivity index (χ4n) is 1.85. The van der Waals surface area contributed by atoms with Gasteiger partial charge in [0.15, 0.2) is 0 Å². The first kappa shape index (κ1) is 15.6. The predicted molar refractivity (Wildman–Crippen MR) is 86.8 cm³/mol. The Labute approximate surface area is 143 Å². The van der Waals surface area contributed by atoms with Gasteiger partial charge in [0.2, 0.25) is 5.89 Å². The molecule has 0 unspecified atom stereocenters. The number of hydrogen-bond donors (Lipinski definition) is 1. The Morgan fingerprint density at radius 2 is 2.04 bits per heavy atom. The van der Waals surface area contributed by atoms with E-state index in [9.17, 15) is 9.18 Å². The van der Waals surface area contributed by atoms with Crippen LogP contribution in [0.4, 0.5) is 10.4 Å². The Bertz CT molecular complexity index is 885. The normalized spacial score (nSPS) is 10.6. The van der Waals surface area contributed by atoms with E-state index in [1.165, 1.54) is 6.07 Å². The predicted octanol–water partition coefficient (Wildman–Crippen LogP) is 4.54. The van der Waals surface area contributed by atoms with E-state index in [1.54, 1.807) is 12.1 Å². The minimum atomic E-state index is -0.570. The second kappa shape index (κ2) is 6.47. The van der Waals surface area contributed by atoms with E-state index >= 15 is 0 Å². The second-order valence-electron chi connectivity index (χ2n) is 4.50. The minimum absolute atomic E-state index is 0.00534. The van der Waals surface area contributed by atoms with Crippen LogP contribution in [0.1, 0.15) is 10.4 Å². The smallest absolute Gasteiger partial charge is 0.322 e. The van der Waals surface area contributed by atoms with Crippen LogP contribution in [0.5, 0.6) is 0 Å². The molecule has 5 nitrogen and oxygen atoms in total. The largest absolute Gasteiger partial charge is 0.403 e. The van der Waals surface area contributed by atoms with Gasteiger partial charge in [0.1, 0.15) is 5.82 Å². The number of aromatic nitrogens is 2. The highest BCUT2D eigenvalue weighted by Crippen LogP contribution is 2.24. The topological polar surface area (TPSA) is 68.0 Å². The van der Waals surface area contributed by atoms with Crippen molar-refractivity contribution in [1.82, 2.24) is 10.2 Å². The number of carbonyl (C=O) groups excluding carboxylic acids is 1. The van der Waals surface area contributed by atoms with Crippen LogP contribution in [0.3, 0.4) is 0 Å². The molecule has 0 saturated carbocycles. The first-order chi connectivity index (χ1) is 11.0. The molecule has 116 valence electrons. The zero-order valence-corrected chi connectivity index (χ0v) is 13.7. The number of anilines is 1. The SMILES string of the molecule is O=C(Nc1nnc(-c2cccc(Br)c2)o1)c1ccc(F)cc1Cl. The van der Waals surface area contributed by atoms with E-state index in [-0.39, 0.29) is 22.5 Å². The maximum atomic E-state index is 13.0. The molecule has 1 amide bonds. The van der Waals surface area contributed by atoms with Gasteiger partial charge in [-0.3, -0.25) is 10.1 Å². The van der Waals surface area contributed by atoms with Crippen molar-refractivity contribution in [3.8, 4) is 11.5 Å². The fraction of sp³-hybridized carbons (Fsp3) is 0. The Hall–Kier alpha value is -2.25. The van der Waals surface area contributed by atoms with E-state index in [4.69, 9.17) is 16.0 Å². The lowest BCUT2D eigenvalue weighted by Crippen LogP contribution is -2.12. The van der Waals surface area contributed by atoms with E-state index < -0.39 is 11.7 Å². The molecule has 23 heavy (non-hydrogen) atoms. The first-order valence-corrected chi connectivity index (χ1v) is 7.56. The third-order valence-corrected chi connectivity index (χ3v) is 3.70. The summed E-state index contributed by atoms with van der Waals surface area (Å²) in [7, 11) is 0. The number of rotatable bonds is 3. The monoisotopic (exact) mass is 395 g/mol. The number of hydrogen-bond acceptors (Lipinski definition) is 4. The number of amides is 1. The Kier molecular flexibility index (Phi) is 4.40. The summed E-state index contributed by atoms with van der Waals surface area (Å²) in [5.41, 5.74) is 0.808. The van der Waals surface area contributed by atoms with Gasteiger partial charge in [-0.05, 0) is 36.4 Å². The first-order valence-electron chi connectivity index (χ1n) is 6.39. The highest BCUT2D eigenvalue weighted by molar-refractivity contribution is 9.10. The summed E-state index contributed by atoms with van der Waals surface area (Å²) in [6.07, 6.45) is 0. The molecule has 8 heteroatoms. The Morgan fingerprint density at radius 1 is 1.22 bits per heavy atom. The third kappa shape index (κ3) is 3.57. The van der Waals surface area contributed by atoms with E-state index in [0.29, 0.717) is 5.56 Å². The van der Waals surface area contributed by atoms with Gasteiger partial charge in [0.05, 0.1) is 10.6 Å². The number of carbonyl (C=O) groups is 1. The van der Waals surface area contributed by atoms with Crippen LogP contribution in [0.15, 0.2) is 51.4 Å². The summed E-state index contributed by atoms with van der Waals surface area (Å²) in [5, 5.41) is 10.0. The van der Waals surface area contributed by atoms with Crippen LogP contribution in [-0.4, -0.2) is 16.1 Å². The summed E-state index contributed by atoms with van der Waals surface area (Å²) in [4.78, 5) is 12.1. The zero-order valence-electron chi connectivity index (χ0n) is 11.4. The van der Waals surface area contributed by atoms with Crippen LogP contribution >= 0.6 is 27.5 Å². The Balaban J connectivity index is 1.80. The summed E-state index contributed by atoms with van der Waals surface area (Å²) in [6.45, 7) is 0. The molecule has 1 aromatic heterocycles. The molecular formula is C15H8BrClFN3O2. The van der Waals surface area contributed by atoms with E-state index in [1.807, 2.05) is 12.1 Å². The molecule has 3 rings (SSSR count). The molecular weight excluding hydrogens is 389 g/mol. The van der Waals surface area contributed by atoms with Crippen LogP contribution < -0.4 is 5.32 Å². The molecule has 1 heterocycles. The van der Waals surface area contributed by atoms with E-state index in [0.717, 1.165) is 16.6 Å². The lowest BCUT2D eigenvalue weighted by atomic mass is 10.2. The van der Waals surface area contributed by atoms with Crippen molar-refractivity contribution < 1.29 is 13.6 Å². The van der Waals surface area contributed by atoms with Crippen molar-refractivity contribution >= 4 is 39.5 Å². The minimum Gasteiger partial charge on any atom is -0.403 e. The lowest BCUT2D eigenvalue weighted by Gasteiger charge is -2.03. The third-order valence-electron chi connectivity index (χ3n) is 2.89. The quantitative estimate of drug-likeness (QED) is 0.705. The average molecular weight is 397 g/mol. The van der Waals surface area contributed by atoms with Gasteiger partial charge in [0, 0.05) is 10.0 Å². The molecule has 0 spiro atoms. The summed E-state index contributed by atoms with van der Waals surface area (Å²) >= 11 is 9.18. The molecule has 0 saturated heterocycles. The number of nitrogens with one attached hydrogen (secondary N) is 1. The van der Waals surface area contributed by atoms with Gasteiger partial charge in [0.25, 0.3) is 5.91 Å². The van der Waals surface area contributed by atoms with Gasteiger partial charge in [-0.25, -0.2) is 4.39 Å². The number of halogens is 3. The Morgan fingerprint density at radius 3 is 2.78 bits per heavy atom. The number of nitrogens with zero attached hydrogens (tertiary/aromatic N) is 2. The summed E-state index contributed by atoms with van der Waals surface area (Å²) in [5.74, 6) is -0.840. The molecule has 0 aliphatic heterocycles. The molecule has 0 atom stereocenters. The lowest BCUT2D eigenvalue weighted by molar-refractivity contribution is 0.102. The summed E-state index contributed by atoms with van der Waals surface area (Å²) < 4.78 is 19.2. The molecule has 3 aromatic rings. The van der Waals surface area contributed by atoms with E-state index in [2.05, 4.69) is 31.4 Å². The van der Waals surface area contributed by atoms with Crippen molar-refractivity contribution in [3.63, 3.8) is 0 Å². The van der Waals surface area contributed by atoms with Crippen molar-refractivity contribution in [3.05, 3.63) is 63.3 Å². The van der Waals surface area contributed by atoms with Gasteiger partial charge < -0.3 is 4.42 Å². The summed E-state index contributed by atoms with van der Waals surface area (Å²) in [6, 6.07) is 10.7. The van der Waals surface area contributed by atoms with Crippen molar-refractivity contribution in [1.29, 1.82) is 0 Å². The standard InChI is InChI=1S/C15H8BrClFN3O2/c16-9-3-1-2-8(6-9)14-20-21-15(23-14)19-13(22)11-5-4-10(18)7-12(11)17/h1-7H,(H,19,21,22). The van der Waals surface area contributed by atoms with Crippen LogP contribution in [0, 0.1) is 5.82 Å². The average Bonchev–Trinajstić information content (AvgIpc) is 2.95. The zero-order chi connectivity index (χ0) is 16.4. The van der Waals surface area contributed by atoms with Crippen LogP contribution in [0.25, 0.3) is 11.5 Å². The van der Waals surface area contributed by atoms with Gasteiger partial charge in [-0.2, -0.15) is 0 Å². The van der Waals surface area contributed by atoms with Gasteiger partial charge in [-0.1, -0.05) is 38.7 Å². The van der Waals surface area contributed by atoms with Crippen LogP contribution in [0.2, 0.25) is 5.02 Å². The van der Waals surface area contributed by atoms with Crippen molar-refractivity contribution in [2.24, 2.45) is 0 Å². The molecule has 0 aliphatic carbocycles. The fourth-order valence-corrected chi connectivity index (χ4v) is 2.50. The molecule has 0 aliphatic rings. The van der Waals surface area contributed by atoms with Gasteiger partial charge in [-0.15, -0.1) is 5.10 Å². The molecule has 0 radical (unpaired) electrons. The second-order valence-corrected chi connectivity index (χ2v) is 5.82. The molecule has 0 bridgehead atoms. The van der Waals surface area contributed by atoms with Crippen LogP contribution in [-0.2, 0) is 0 Å². The highest BCUT2D eigenvalue weighted by atomic mass is 79.9. The maximum absolute atomic E-state index is 13.0. The van der Waals surface area contributed by atoms with Crippen molar-refractivity contribution in [2.75, 3.05) is 5.32 Å². The number of benzene rings is 2. The van der Waals surface area contributed by atoms with Gasteiger partial charge >= 0.3 is 6.01 Å². The highest BCUT2D eigenvalue weighted by Gasteiger charge is 2.15. The molecule has 1 N–H and O–H groups in total.